The van der Waals surface area contributed by atoms with E-state index in [9.17, 15) is 0 Å². The van der Waals surface area contributed by atoms with Crippen molar-refractivity contribution in [3.05, 3.63) is 59.4 Å². The van der Waals surface area contributed by atoms with E-state index in [4.69, 9.17) is 10.5 Å². The number of rotatable bonds is 3. The molecule has 0 aliphatic carbocycles. The van der Waals surface area contributed by atoms with Gasteiger partial charge < -0.3 is 5.32 Å². The molecular weight excluding hydrogens is 224 g/mol. The van der Waals surface area contributed by atoms with Crippen LogP contribution in [0.1, 0.15) is 16.8 Å². The number of para-hydroxylation sites is 1. The van der Waals surface area contributed by atoms with Crippen LogP contribution in [0.3, 0.4) is 0 Å². The van der Waals surface area contributed by atoms with Crippen LogP contribution in [0.15, 0.2) is 42.6 Å². The van der Waals surface area contributed by atoms with Crippen LogP contribution in [0.2, 0.25) is 0 Å². The normalized spacial score (nSPS) is 9.22. The smallest absolute Gasteiger partial charge is 0.101 e. The Morgan fingerprint density at radius 3 is 2.28 bits per heavy atom. The zero-order chi connectivity index (χ0) is 12.8. The molecule has 1 aromatic carbocycles. The lowest BCUT2D eigenvalue weighted by Crippen LogP contribution is -2.04. The quantitative estimate of drug-likeness (QED) is 0.885. The Kier molecular flexibility index (Phi) is 3.53. The van der Waals surface area contributed by atoms with Crippen molar-refractivity contribution in [1.82, 2.24) is 4.98 Å². The highest BCUT2D eigenvalue weighted by Gasteiger charge is 2.07. The Hall–Kier alpha value is -2.85. The molecule has 0 saturated heterocycles. The third kappa shape index (κ3) is 2.45. The van der Waals surface area contributed by atoms with E-state index in [0.29, 0.717) is 23.4 Å². The molecule has 0 radical (unpaired) electrons. The molecule has 0 aliphatic heterocycles. The first kappa shape index (κ1) is 11.6. The van der Waals surface area contributed by atoms with Gasteiger partial charge in [0.2, 0.25) is 0 Å². The van der Waals surface area contributed by atoms with Crippen LogP contribution in [-0.2, 0) is 6.54 Å². The van der Waals surface area contributed by atoms with Crippen molar-refractivity contribution in [2.45, 2.75) is 6.54 Å². The lowest BCUT2D eigenvalue weighted by molar-refractivity contribution is 1.04. The van der Waals surface area contributed by atoms with Gasteiger partial charge in [-0.05, 0) is 24.3 Å². The number of hydrogen-bond donors (Lipinski definition) is 1. The highest BCUT2D eigenvalue weighted by molar-refractivity contribution is 5.66. The summed E-state index contributed by atoms with van der Waals surface area (Å²) in [5.41, 5.74) is 2.34. The molecule has 1 N–H and O–H groups in total. The van der Waals surface area contributed by atoms with Crippen molar-refractivity contribution in [2.75, 3.05) is 5.32 Å². The predicted octanol–water partition coefficient (Wildman–Crippen LogP) is 2.44. The van der Waals surface area contributed by atoms with Crippen molar-refractivity contribution in [1.29, 1.82) is 10.5 Å². The van der Waals surface area contributed by atoms with Gasteiger partial charge in [-0.1, -0.05) is 12.1 Å². The molecular formula is C14H10N4. The zero-order valence-corrected chi connectivity index (χ0v) is 9.59. The third-order valence-corrected chi connectivity index (χ3v) is 2.48. The van der Waals surface area contributed by atoms with Crippen LogP contribution in [0.4, 0.5) is 5.69 Å². The summed E-state index contributed by atoms with van der Waals surface area (Å²) in [6, 6.07) is 14.8. The number of pyridine rings is 1. The Labute approximate surface area is 105 Å². The topological polar surface area (TPSA) is 72.5 Å². The SMILES string of the molecule is N#Cc1cccc(C#N)c1NCc1ccccn1. The minimum Gasteiger partial charge on any atom is -0.377 e. The van der Waals surface area contributed by atoms with Crippen molar-refractivity contribution in [2.24, 2.45) is 0 Å². The largest absolute Gasteiger partial charge is 0.377 e. The molecule has 0 unspecified atom stereocenters. The van der Waals surface area contributed by atoms with Crippen LogP contribution in [0.25, 0.3) is 0 Å². The van der Waals surface area contributed by atoms with Crippen molar-refractivity contribution < 1.29 is 0 Å². The van der Waals surface area contributed by atoms with Crippen LogP contribution in [0, 0.1) is 22.7 Å². The van der Waals surface area contributed by atoms with Crippen LogP contribution in [-0.4, -0.2) is 4.98 Å². The molecule has 2 rings (SSSR count). The summed E-state index contributed by atoms with van der Waals surface area (Å²) in [7, 11) is 0. The summed E-state index contributed by atoms with van der Waals surface area (Å²) in [6.45, 7) is 0.480. The molecule has 18 heavy (non-hydrogen) atoms. The highest BCUT2D eigenvalue weighted by atomic mass is 14.9. The van der Waals surface area contributed by atoms with Crippen molar-refractivity contribution >= 4 is 5.69 Å². The minimum absolute atomic E-state index is 0.463. The first-order valence-corrected chi connectivity index (χ1v) is 5.42. The fourth-order valence-corrected chi connectivity index (χ4v) is 1.61. The fraction of sp³-hybridized carbons (Fsp3) is 0.0714. The molecule has 0 bridgehead atoms. The average molecular weight is 234 g/mol. The number of nitriles is 2. The average Bonchev–Trinajstić information content (AvgIpc) is 2.45. The van der Waals surface area contributed by atoms with E-state index in [1.807, 2.05) is 18.2 Å². The monoisotopic (exact) mass is 234 g/mol. The lowest BCUT2D eigenvalue weighted by atomic mass is 10.1. The van der Waals surface area contributed by atoms with Crippen LogP contribution in [0.5, 0.6) is 0 Å². The van der Waals surface area contributed by atoms with E-state index < -0.39 is 0 Å². The van der Waals surface area contributed by atoms with Gasteiger partial charge in [0.25, 0.3) is 0 Å². The second kappa shape index (κ2) is 5.47. The van der Waals surface area contributed by atoms with Crippen molar-refractivity contribution in [3.8, 4) is 12.1 Å². The lowest BCUT2D eigenvalue weighted by Gasteiger charge is -2.09. The van der Waals surface area contributed by atoms with Crippen LogP contribution >= 0.6 is 0 Å². The molecule has 0 aliphatic rings. The molecule has 0 spiro atoms. The van der Waals surface area contributed by atoms with Gasteiger partial charge in [-0.3, -0.25) is 4.98 Å². The van der Waals surface area contributed by atoms with Gasteiger partial charge in [0.05, 0.1) is 29.1 Å². The maximum atomic E-state index is 9.02. The van der Waals surface area contributed by atoms with E-state index >= 15 is 0 Å². The third-order valence-electron chi connectivity index (χ3n) is 2.48. The molecule has 1 heterocycles. The Morgan fingerprint density at radius 1 is 1.00 bits per heavy atom. The molecule has 4 heteroatoms. The fourth-order valence-electron chi connectivity index (χ4n) is 1.61. The van der Waals surface area contributed by atoms with E-state index in [0.717, 1.165) is 5.69 Å². The Bertz CT molecular complexity index is 588. The standard InChI is InChI=1S/C14H10N4/c15-8-11-4-3-5-12(9-16)14(11)18-10-13-6-1-2-7-17-13/h1-7,18H,10H2. The Morgan fingerprint density at radius 2 is 1.72 bits per heavy atom. The van der Waals surface area contributed by atoms with Gasteiger partial charge in [0.1, 0.15) is 12.1 Å². The number of nitrogens with one attached hydrogen (secondary N) is 1. The summed E-state index contributed by atoms with van der Waals surface area (Å²) in [5.74, 6) is 0. The van der Waals surface area contributed by atoms with E-state index in [2.05, 4.69) is 22.4 Å². The van der Waals surface area contributed by atoms with Gasteiger partial charge in [-0.2, -0.15) is 10.5 Å². The van der Waals surface area contributed by atoms with Gasteiger partial charge in [-0.15, -0.1) is 0 Å². The molecule has 86 valence electrons. The maximum absolute atomic E-state index is 9.02. The molecule has 0 amide bonds. The zero-order valence-electron chi connectivity index (χ0n) is 9.59. The molecule has 4 nitrogen and oxygen atoms in total. The second-order valence-electron chi connectivity index (χ2n) is 3.63. The van der Waals surface area contributed by atoms with Gasteiger partial charge in [-0.25, -0.2) is 0 Å². The van der Waals surface area contributed by atoms with Crippen LogP contribution < -0.4 is 5.32 Å². The van der Waals surface area contributed by atoms with E-state index in [1.54, 1.807) is 24.4 Å². The highest BCUT2D eigenvalue weighted by Crippen LogP contribution is 2.20. The first-order chi connectivity index (χ1) is 8.85. The Balaban J connectivity index is 2.25. The number of aromatic nitrogens is 1. The van der Waals surface area contributed by atoms with Gasteiger partial charge in [0.15, 0.2) is 0 Å². The van der Waals surface area contributed by atoms with Gasteiger partial charge >= 0.3 is 0 Å². The number of anilines is 1. The number of hydrogen-bond acceptors (Lipinski definition) is 4. The molecule has 0 atom stereocenters. The second-order valence-corrected chi connectivity index (χ2v) is 3.63. The molecule has 0 fully saturated rings. The summed E-state index contributed by atoms with van der Waals surface area (Å²) in [5, 5.41) is 21.1. The summed E-state index contributed by atoms with van der Waals surface area (Å²) < 4.78 is 0. The molecule has 0 saturated carbocycles. The maximum Gasteiger partial charge on any atom is 0.101 e. The van der Waals surface area contributed by atoms with Gasteiger partial charge in [0, 0.05) is 6.20 Å². The molecule has 2 aromatic rings. The number of nitrogens with zero attached hydrogens (tertiary/aromatic N) is 3. The van der Waals surface area contributed by atoms with E-state index in [1.165, 1.54) is 0 Å². The summed E-state index contributed by atoms with van der Waals surface area (Å²) in [4.78, 5) is 4.18. The predicted molar refractivity (Wildman–Crippen MR) is 67.4 cm³/mol. The summed E-state index contributed by atoms with van der Waals surface area (Å²) in [6.07, 6.45) is 1.71. The number of benzene rings is 1. The summed E-state index contributed by atoms with van der Waals surface area (Å²) >= 11 is 0. The van der Waals surface area contributed by atoms with E-state index in [-0.39, 0.29) is 0 Å². The van der Waals surface area contributed by atoms with Crippen molar-refractivity contribution in [3.63, 3.8) is 0 Å². The first-order valence-electron chi connectivity index (χ1n) is 5.42. The molecule has 1 aromatic heterocycles. The minimum atomic E-state index is 0.463.